The molecule has 2 aliphatic rings. The summed E-state index contributed by atoms with van der Waals surface area (Å²) in [6.07, 6.45) is 7.96. The molecule has 2 atom stereocenters. The van der Waals surface area contributed by atoms with Crippen LogP contribution in [0.4, 0.5) is 0 Å². The second-order valence-corrected chi connectivity index (χ2v) is 10.8. The normalized spacial score (nSPS) is 20.5. The molecule has 1 aliphatic heterocycles. The Labute approximate surface area is 223 Å². The van der Waals surface area contributed by atoms with E-state index in [9.17, 15) is 4.79 Å². The molecule has 200 valence electrons. The lowest BCUT2D eigenvalue weighted by molar-refractivity contribution is 0.106. The number of aryl methyl sites for hydroxylation is 1. The molecule has 0 N–H and O–H groups in total. The van der Waals surface area contributed by atoms with Crippen molar-refractivity contribution in [3.63, 3.8) is 0 Å². The number of imidazole rings is 1. The van der Waals surface area contributed by atoms with Gasteiger partial charge in [0, 0.05) is 32.1 Å². The molecule has 8 heteroatoms. The first-order valence-electron chi connectivity index (χ1n) is 14.0. The monoisotopic (exact) mass is 515 g/mol. The summed E-state index contributed by atoms with van der Waals surface area (Å²) in [7, 11) is 3.53. The fourth-order valence-corrected chi connectivity index (χ4v) is 6.18. The van der Waals surface area contributed by atoms with Gasteiger partial charge in [-0.15, -0.1) is 10.2 Å². The van der Waals surface area contributed by atoms with E-state index in [0.29, 0.717) is 5.65 Å². The number of piperidine rings is 1. The maximum atomic E-state index is 13.3. The van der Waals surface area contributed by atoms with Gasteiger partial charge < -0.3 is 14.4 Å². The van der Waals surface area contributed by atoms with Crippen molar-refractivity contribution in [2.24, 2.45) is 7.05 Å². The number of benzene rings is 2. The third-order valence-electron chi connectivity index (χ3n) is 8.35. The fraction of sp³-hybridized carbons (Fsp3) is 0.500. The summed E-state index contributed by atoms with van der Waals surface area (Å²) in [6, 6.07) is 14.6. The van der Waals surface area contributed by atoms with Crippen LogP contribution in [0, 0.1) is 0 Å². The molecule has 38 heavy (non-hydrogen) atoms. The van der Waals surface area contributed by atoms with E-state index in [0.717, 1.165) is 72.1 Å². The van der Waals surface area contributed by atoms with Crippen LogP contribution in [0.5, 0.6) is 5.75 Å². The van der Waals surface area contributed by atoms with E-state index < -0.39 is 0 Å². The number of hydrogen-bond acceptors (Lipinski definition) is 6. The molecule has 3 heterocycles. The van der Waals surface area contributed by atoms with Crippen molar-refractivity contribution in [3.05, 3.63) is 52.9 Å². The van der Waals surface area contributed by atoms with Crippen molar-refractivity contribution in [3.8, 4) is 16.9 Å². The zero-order valence-electron chi connectivity index (χ0n) is 22.4. The first-order chi connectivity index (χ1) is 18.6. The number of methoxy groups -OCH3 is 1. The van der Waals surface area contributed by atoms with Crippen LogP contribution in [0.1, 0.15) is 51.0 Å². The average molecular weight is 516 g/mol. The summed E-state index contributed by atoms with van der Waals surface area (Å²) in [5, 5.41) is 9.81. The van der Waals surface area contributed by atoms with Gasteiger partial charge in [-0.3, -0.25) is 9.13 Å². The van der Waals surface area contributed by atoms with E-state index in [2.05, 4.69) is 39.4 Å². The van der Waals surface area contributed by atoms with Gasteiger partial charge in [-0.25, -0.2) is 4.79 Å². The molecular weight excluding hydrogens is 478 g/mol. The average Bonchev–Trinajstić information content (AvgIpc) is 3.54. The highest BCUT2D eigenvalue weighted by Gasteiger charge is 2.30. The zero-order valence-corrected chi connectivity index (χ0v) is 22.4. The maximum Gasteiger partial charge on any atom is 0.330 e. The number of rotatable bonds is 8. The molecule has 2 aromatic carbocycles. The number of nitrogens with zero attached hydrogens (tertiary/aromatic N) is 5. The van der Waals surface area contributed by atoms with Gasteiger partial charge in [0.25, 0.3) is 0 Å². The van der Waals surface area contributed by atoms with Crippen molar-refractivity contribution in [1.29, 1.82) is 0 Å². The molecule has 1 aliphatic carbocycles. The number of hydrogen-bond donors (Lipinski definition) is 0. The van der Waals surface area contributed by atoms with Gasteiger partial charge in [0.1, 0.15) is 11.3 Å². The van der Waals surface area contributed by atoms with Crippen LogP contribution in [0.25, 0.3) is 33.2 Å². The number of likely N-dealkylation sites (tertiary alicyclic amines) is 1. The lowest BCUT2D eigenvalue weighted by atomic mass is 10.0. The van der Waals surface area contributed by atoms with Crippen molar-refractivity contribution >= 4 is 22.1 Å². The number of aromatic nitrogens is 4. The Morgan fingerprint density at radius 2 is 1.76 bits per heavy atom. The fourth-order valence-electron chi connectivity index (χ4n) is 6.18. The van der Waals surface area contributed by atoms with Crippen LogP contribution < -0.4 is 10.4 Å². The van der Waals surface area contributed by atoms with Crippen molar-refractivity contribution < 1.29 is 9.47 Å². The lowest BCUT2D eigenvalue weighted by Gasteiger charge is -2.26. The smallest absolute Gasteiger partial charge is 0.330 e. The van der Waals surface area contributed by atoms with Crippen LogP contribution >= 0.6 is 0 Å². The van der Waals surface area contributed by atoms with Crippen molar-refractivity contribution in [1.82, 2.24) is 24.2 Å². The molecule has 0 spiro atoms. The Morgan fingerprint density at radius 1 is 0.974 bits per heavy atom. The first kappa shape index (κ1) is 25.1. The van der Waals surface area contributed by atoms with Crippen LogP contribution in [0.3, 0.4) is 0 Å². The maximum absolute atomic E-state index is 13.3. The summed E-state index contributed by atoms with van der Waals surface area (Å²) in [6.45, 7) is 4.31. The predicted molar refractivity (Wildman–Crippen MR) is 150 cm³/mol. The van der Waals surface area contributed by atoms with E-state index in [1.165, 1.54) is 32.4 Å². The standard InChI is InChI=1S/C30H37N5O3/c1-33-29-28(35(30(33)36)23-10-13-25(20-23)37-2)26-19-22(9-14-27(26)31-32-29)21-7-11-24(12-8-21)38-18-6-17-34-15-4-3-5-16-34/h7-9,11-12,14,19,23,25H,3-6,10,13,15-18,20H2,1-2H3/t23-,25-/m0/s1. The minimum Gasteiger partial charge on any atom is -0.494 e. The van der Waals surface area contributed by atoms with Gasteiger partial charge in [-0.05, 0) is 87.0 Å². The highest BCUT2D eigenvalue weighted by Crippen LogP contribution is 2.35. The van der Waals surface area contributed by atoms with Gasteiger partial charge in [-0.2, -0.15) is 0 Å². The molecule has 1 saturated heterocycles. The van der Waals surface area contributed by atoms with Gasteiger partial charge >= 0.3 is 5.69 Å². The summed E-state index contributed by atoms with van der Waals surface area (Å²) in [5.74, 6) is 0.896. The van der Waals surface area contributed by atoms with E-state index in [1.807, 2.05) is 22.8 Å². The van der Waals surface area contributed by atoms with E-state index in [1.54, 1.807) is 18.7 Å². The molecule has 8 nitrogen and oxygen atoms in total. The van der Waals surface area contributed by atoms with Crippen LogP contribution in [-0.2, 0) is 11.8 Å². The van der Waals surface area contributed by atoms with Gasteiger partial charge in [-0.1, -0.05) is 24.6 Å². The van der Waals surface area contributed by atoms with Gasteiger partial charge in [0.15, 0.2) is 5.65 Å². The molecule has 2 aromatic heterocycles. The Kier molecular flexibility index (Phi) is 7.17. The molecule has 0 amide bonds. The molecular formula is C30H37N5O3. The van der Waals surface area contributed by atoms with Crippen molar-refractivity contribution in [2.45, 2.75) is 57.1 Å². The summed E-state index contributed by atoms with van der Waals surface area (Å²) in [4.78, 5) is 15.9. The molecule has 0 unspecified atom stereocenters. The minimum absolute atomic E-state index is 0.0456. The zero-order chi connectivity index (χ0) is 26.1. The third kappa shape index (κ3) is 4.83. The molecule has 0 bridgehead atoms. The molecule has 1 saturated carbocycles. The SMILES string of the molecule is CO[C@H]1CC[C@H](n2c(=O)n(C)c3nnc4ccc(-c5ccc(OCCCN6CCCCC6)cc5)cc4c32)C1. The highest BCUT2D eigenvalue weighted by molar-refractivity contribution is 6.02. The topological polar surface area (TPSA) is 74.4 Å². The predicted octanol–water partition coefficient (Wildman–Crippen LogP) is 4.95. The Hall–Kier alpha value is -3.23. The van der Waals surface area contributed by atoms with Crippen LogP contribution in [0.15, 0.2) is 47.3 Å². The van der Waals surface area contributed by atoms with Gasteiger partial charge in [0.2, 0.25) is 0 Å². The second-order valence-electron chi connectivity index (χ2n) is 10.8. The summed E-state index contributed by atoms with van der Waals surface area (Å²) >= 11 is 0. The van der Waals surface area contributed by atoms with Crippen LogP contribution in [0.2, 0.25) is 0 Å². The van der Waals surface area contributed by atoms with E-state index in [4.69, 9.17) is 9.47 Å². The minimum atomic E-state index is -0.0456. The second kappa shape index (κ2) is 10.9. The first-order valence-corrected chi connectivity index (χ1v) is 14.0. The number of ether oxygens (including phenoxy) is 2. The summed E-state index contributed by atoms with van der Waals surface area (Å²) < 4.78 is 15.2. The Bertz CT molecular complexity index is 1470. The Balaban J connectivity index is 1.24. The van der Waals surface area contributed by atoms with Crippen molar-refractivity contribution in [2.75, 3.05) is 33.4 Å². The van der Waals surface area contributed by atoms with Crippen LogP contribution in [-0.4, -0.2) is 63.7 Å². The highest BCUT2D eigenvalue weighted by atomic mass is 16.5. The van der Waals surface area contributed by atoms with E-state index in [-0.39, 0.29) is 17.8 Å². The van der Waals surface area contributed by atoms with E-state index >= 15 is 0 Å². The van der Waals surface area contributed by atoms with Gasteiger partial charge in [0.05, 0.1) is 18.2 Å². The largest absolute Gasteiger partial charge is 0.494 e. The quantitative estimate of drug-likeness (QED) is 0.309. The molecule has 6 rings (SSSR count). The number of fused-ring (bicyclic) bond motifs is 3. The molecule has 0 radical (unpaired) electrons. The lowest BCUT2D eigenvalue weighted by Crippen LogP contribution is -2.31. The third-order valence-corrected chi connectivity index (χ3v) is 8.35. The Morgan fingerprint density at radius 3 is 2.53 bits per heavy atom. The molecule has 2 fully saturated rings. The molecule has 4 aromatic rings. The summed E-state index contributed by atoms with van der Waals surface area (Å²) in [5.41, 5.74) is 4.40.